The summed E-state index contributed by atoms with van der Waals surface area (Å²) in [6, 6.07) is 6.48. The van der Waals surface area contributed by atoms with Crippen LogP contribution in [0.3, 0.4) is 0 Å². The van der Waals surface area contributed by atoms with Gasteiger partial charge in [-0.25, -0.2) is 13.1 Å². The summed E-state index contributed by atoms with van der Waals surface area (Å²) in [6.45, 7) is 2.20. The van der Waals surface area contributed by atoms with Gasteiger partial charge in [0.25, 0.3) is 0 Å². The first-order valence-corrected chi connectivity index (χ1v) is 9.42. The van der Waals surface area contributed by atoms with E-state index in [-0.39, 0.29) is 17.3 Å². The maximum absolute atomic E-state index is 12.2. The van der Waals surface area contributed by atoms with Gasteiger partial charge in [-0.1, -0.05) is 24.2 Å². The molecule has 0 bridgehead atoms. The van der Waals surface area contributed by atoms with Gasteiger partial charge in [-0.15, -0.1) is 0 Å². The molecule has 0 radical (unpaired) electrons. The molecular formula is C16H22N4O4S. The Balaban J connectivity index is 1.88. The second-order valence-corrected chi connectivity index (χ2v) is 7.45. The van der Waals surface area contributed by atoms with Crippen LogP contribution in [0.2, 0.25) is 0 Å². The number of hydrogen-bond donors (Lipinski definition) is 1. The van der Waals surface area contributed by atoms with E-state index in [4.69, 9.17) is 4.52 Å². The monoisotopic (exact) mass is 366 g/mol. The van der Waals surface area contributed by atoms with Gasteiger partial charge in [-0.05, 0) is 31.2 Å². The Morgan fingerprint density at radius 1 is 1.28 bits per heavy atom. The van der Waals surface area contributed by atoms with Crippen molar-refractivity contribution in [2.24, 2.45) is 0 Å². The molecule has 0 fully saturated rings. The molecule has 136 valence electrons. The predicted octanol–water partition coefficient (Wildman–Crippen LogP) is 1.13. The van der Waals surface area contributed by atoms with Gasteiger partial charge in [-0.3, -0.25) is 4.79 Å². The van der Waals surface area contributed by atoms with Crippen LogP contribution in [0.1, 0.15) is 30.6 Å². The number of benzene rings is 1. The third-order valence-corrected chi connectivity index (χ3v) is 5.18. The number of amides is 1. The van der Waals surface area contributed by atoms with Crippen molar-refractivity contribution in [2.45, 2.75) is 37.6 Å². The average Bonchev–Trinajstić information content (AvgIpc) is 3.07. The van der Waals surface area contributed by atoms with E-state index in [1.807, 2.05) is 6.92 Å². The second kappa shape index (κ2) is 8.21. The molecular weight excluding hydrogens is 344 g/mol. The molecule has 25 heavy (non-hydrogen) atoms. The van der Waals surface area contributed by atoms with E-state index in [9.17, 15) is 13.2 Å². The van der Waals surface area contributed by atoms with E-state index in [0.29, 0.717) is 31.0 Å². The summed E-state index contributed by atoms with van der Waals surface area (Å²) in [6.07, 6.45) is 1.51. The number of rotatable bonds is 8. The summed E-state index contributed by atoms with van der Waals surface area (Å²) in [5.41, 5.74) is 0.892. The fourth-order valence-electron chi connectivity index (χ4n) is 2.18. The molecule has 0 atom stereocenters. The number of sulfonamides is 1. The highest BCUT2D eigenvalue weighted by molar-refractivity contribution is 7.89. The molecule has 1 amide bonds. The Hall–Kier alpha value is -2.26. The Morgan fingerprint density at radius 2 is 1.96 bits per heavy atom. The van der Waals surface area contributed by atoms with Crippen molar-refractivity contribution < 1.29 is 17.7 Å². The lowest BCUT2D eigenvalue weighted by Crippen LogP contribution is -2.26. The molecule has 0 aliphatic carbocycles. The van der Waals surface area contributed by atoms with Crippen LogP contribution in [0, 0.1) is 0 Å². The van der Waals surface area contributed by atoms with Crippen molar-refractivity contribution in [3.63, 3.8) is 0 Å². The zero-order valence-electron chi connectivity index (χ0n) is 14.5. The summed E-state index contributed by atoms with van der Waals surface area (Å²) in [4.78, 5) is 18.1. The number of carbonyl (C=O) groups is 1. The van der Waals surface area contributed by atoms with E-state index in [2.05, 4.69) is 14.9 Å². The zero-order chi connectivity index (χ0) is 18.4. The highest BCUT2D eigenvalue weighted by atomic mass is 32.2. The van der Waals surface area contributed by atoms with Gasteiger partial charge < -0.3 is 9.42 Å². The number of nitrogens with zero attached hydrogens (tertiary/aromatic N) is 3. The van der Waals surface area contributed by atoms with Crippen molar-refractivity contribution in [2.75, 3.05) is 14.1 Å². The van der Waals surface area contributed by atoms with Gasteiger partial charge in [0.05, 0.1) is 11.4 Å². The standard InChI is InChI=1S/C16H22N4O4S/c1-4-14-18-15(24-19-14)11-20(3)16(21)10-7-12-5-8-13(9-6-12)25(22,23)17-2/h5-6,8-9,17H,4,7,10-11H2,1-3H3. The topological polar surface area (TPSA) is 105 Å². The van der Waals surface area contributed by atoms with E-state index in [1.54, 1.807) is 19.2 Å². The normalized spacial score (nSPS) is 11.5. The first-order chi connectivity index (χ1) is 11.9. The highest BCUT2D eigenvalue weighted by Gasteiger charge is 2.14. The van der Waals surface area contributed by atoms with Crippen LogP contribution < -0.4 is 4.72 Å². The van der Waals surface area contributed by atoms with Crippen LogP contribution in [0.15, 0.2) is 33.7 Å². The molecule has 0 unspecified atom stereocenters. The third-order valence-electron chi connectivity index (χ3n) is 3.75. The molecule has 0 saturated heterocycles. The van der Waals surface area contributed by atoms with Crippen molar-refractivity contribution in [3.8, 4) is 0 Å². The molecule has 0 aliphatic heterocycles. The molecule has 2 rings (SSSR count). The van der Waals surface area contributed by atoms with Crippen molar-refractivity contribution in [1.82, 2.24) is 19.8 Å². The molecule has 0 spiro atoms. The summed E-state index contributed by atoms with van der Waals surface area (Å²) in [7, 11) is -0.396. The zero-order valence-corrected chi connectivity index (χ0v) is 15.3. The molecule has 1 N–H and O–H groups in total. The number of carbonyl (C=O) groups excluding carboxylic acids is 1. The van der Waals surface area contributed by atoms with Crippen LogP contribution in [-0.4, -0.2) is 43.5 Å². The fourth-order valence-corrected chi connectivity index (χ4v) is 2.91. The smallest absolute Gasteiger partial charge is 0.246 e. The maximum Gasteiger partial charge on any atom is 0.246 e. The number of nitrogens with one attached hydrogen (secondary N) is 1. The predicted molar refractivity (Wildman–Crippen MR) is 91.2 cm³/mol. The van der Waals surface area contributed by atoms with E-state index >= 15 is 0 Å². The summed E-state index contributed by atoms with van der Waals surface area (Å²) < 4.78 is 30.7. The molecule has 0 saturated carbocycles. The van der Waals surface area contributed by atoms with E-state index < -0.39 is 10.0 Å². The number of aryl methyl sites for hydroxylation is 2. The van der Waals surface area contributed by atoms with Crippen LogP contribution in [0.4, 0.5) is 0 Å². The Bertz CT molecular complexity index is 815. The van der Waals surface area contributed by atoms with Gasteiger partial charge in [0.1, 0.15) is 0 Å². The lowest BCUT2D eigenvalue weighted by molar-refractivity contribution is -0.130. The van der Waals surface area contributed by atoms with Gasteiger partial charge >= 0.3 is 0 Å². The second-order valence-electron chi connectivity index (χ2n) is 5.56. The lowest BCUT2D eigenvalue weighted by atomic mass is 10.1. The van der Waals surface area contributed by atoms with Crippen molar-refractivity contribution in [3.05, 3.63) is 41.5 Å². The number of aromatic nitrogens is 2. The minimum Gasteiger partial charge on any atom is -0.337 e. The molecule has 1 aromatic carbocycles. The summed E-state index contributed by atoms with van der Waals surface area (Å²) in [5.74, 6) is 0.977. The first kappa shape index (κ1) is 19.1. The minimum absolute atomic E-state index is 0.0526. The van der Waals surface area contributed by atoms with Gasteiger partial charge in [-0.2, -0.15) is 4.98 Å². The van der Waals surface area contributed by atoms with Gasteiger partial charge in [0.15, 0.2) is 5.82 Å². The van der Waals surface area contributed by atoms with Crippen LogP contribution in [0.25, 0.3) is 0 Å². The minimum atomic E-state index is -3.44. The highest BCUT2D eigenvalue weighted by Crippen LogP contribution is 2.12. The summed E-state index contributed by atoms with van der Waals surface area (Å²) >= 11 is 0. The van der Waals surface area contributed by atoms with E-state index in [0.717, 1.165) is 5.56 Å². The molecule has 9 heteroatoms. The Labute approximate surface area is 147 Å². The maximum atomic E-state index is 12.2. The third kappa shape index (κ3) is 5.10. The Morgan fingerprint density at radius 3 is 2.52 bits per heavy atom. The Kier molecular flexibility index (Phi) is 6.27. The molecule has 0 aliphatic rings. The molecule has 1 heterocycles. The van der Waals surface area contributed by atoms with Crippen LogP contribution >= 0.6 is 0 Å². The van der Waals surface area contributed by atoms with Crippen LogP contribution in [0.5, 0.6) is 0 Å². The quantitative estimate of drug-likeness (QED) is 0.751. The summed E-state index contributed by atoms with van der Waals surface area (Å²) in [5, 5.41) is 3.80. The molecule has 1 aromatic heterocycles. The molecule has 2 aromatic rings. The fraction of sp³-hybridized carbons (Fsp3) is 0.438. The molecule has 8 nitrogen and oxygen atoms in total. The average molecular weight is 366 g/mol. The number of hydrogen-bond acceptors (Lipinski definition) is 6. The van der Waals surface area contributed by atoms with E-state index in [1.165, 1.54) is 24.1 Å². The largest absolute Gasteiger partial charge is 0.337 e. The van der Waals surface area contributed by atoms with Crippen molar-refractivity contribution in [1.29, 1.82) is 0 Å². The first-order valence-electron chi connectivity index (χ1n) is 7.93. The lowest BCUT2D eigenvalue weighted by Gasteiger charge is -2.14. The van der Waals surface area contributed by atoms with Crippen LogP contribution in [-0.2, 0) is 34.2 Å². The van der Waals surface area contributed by atoms with Gasteiger partial charge in [0.2, 0.25) is 21.8 Å². The SMILES string of the molecule is CCc1noc(CN(C)C(=O)CCc2ccc(S(=O)(=O)NC)cc2)n1. The van der Waals surface area contributed by atoms with Crippen molar-refractivity contribution >= 4 is 15.9 Å². The van der Waals surface area contributed by atoms with Gasteiger partial charge in [0, 0.05) is 19.9 Å².